The molecule has 3 rings (SSSR count). The van der Waals surface area contributed by atoms with E-state index in [0.717, 1.165) is 0 Å². The molecule has 0 bridgehead atoms. The van der Waals surface area contributed by atoms with Crippen molar-refractivity contribution < 1.29 is 22.4 Å². The first-order valence-corrected chi connectivity index (χ1v) is 10.2. The zero-order valence-corrected chi connectivity index (χ0v) is 15.9. The van der Waals surface area contributed by atoms with Gasteiger partial charge in [-0.2, -0.15) is 17.0 Å². The van der Waals surface area contributed by atoms with E-state index in [2.05, 4.69) is 0 Å². The van der Waals surface area contributed by atoms with E-state index in [9.17, 15) is 13.2 Å². The normalized spacial score (nSPS) is 26.5. The van der Waals surface area contributed by atoms with Crippen molar-refractivity contribution >= 4 is 22.2 Å². The van der Waals surface area contributed by atoms with Gasteiger partial charge >= 0.3 is 0 Å². The molecule has 2 atom stereocenters. The molecule has 3 heterocycles. The molecule has 9 heteroatoms. The highest BCUT2D eigenvalue weighted by molar-refractivity contribution is 7.86. The molecule has 2 unspecified atom stereocenters. The van der Waals surface area contributed by atoms with Gasteiger partial charge in [-0.15, -0.1) is 0 Å². The Hall–Kier alpha value is -1.68. The summed E-state index contributed by atoms with van der Waals surface area (Å²) in [5, 5.41) is 0. The third-order valence-electron chi connectivity index (χ3n) is 4.52. The summed E-state index contributed by atoms with van der Waals surface area (Å²) in [6.45, 7) is 5.80. The van der Waals surface area contributed by atoms with E-state index in [1.807, 2.05) is 13.8 Å². The van der Waals surface area contributed by atoms with Crippen LogP contribution in [0.2, 0.25) is 0 Å². The van der Waals surface area contributed by atoms with Crippen LogP contribution in [0.15, 0.2) is 28.9 Å². The van der Waals surface area contributed by atoms with Crippen LogP contribution in [-0.2, 0) is 19.7 Å². The minimum atomic E-state index is -3.53. The fourth-order valence-electron chi connectivity index (χ4n) is 3.27. The first kappa shape index (κ1) is 19.1. The summed E-state index contributed by atoms with van der Waals surface area (Å²) in [5.74, 6) is 0.460. The van der Waals surface area contributed by atoms with Crippen molar-refractivity contribution in [3.8, 4) is 0 Å². The van der Waals surface area contributed by atoms with Crippen molar-refractivity contribution in [1.29, 1.82) is 0 Å². The largest absolute Gasteiger partial charge is 0.465 e. The van der Waals surface area contributed by atoms with Crippen LogP contribution in [0.3, 0.4) is 0 Å². The predicted octanol–water partition coefficient (Wildman–Crippen LogP) is 0.791. The minimum Gasteiger partial charge on any atom is -0.465 e. The molecular weight excluding hydrogens is 358 g/mol. The molecule has 0 aliphatic carbocycles. The van der Waals surface area contributed by atoms with Gasteiger partial charge in [-0.25, -0.2) is 0 Å². The monoisotopic (exact) mass is 383 g/mol. The van der Waals surface area contributed by atoms with Crippen LogP contribution in [0.4, 0.5) is 0 Å². The van der Waals surface area contributed by atoms with Crippen molar-refractivity contribution in [3.63, 3.8) is 0 Å². The summed E-state index contributed by atoms with van der Waals surface area (Å²) in [5.41, 5.74) is 0. The number of hydrogen-bond donors (Lipinski definition) is 0. The molecule has 0 radical (unpaired) electrons. The maximum absolute atomic E-state index is 12.9. The Labute approximate surface area is 154 Å². The van der Waals surface area contributed by atoms with Gasteiger partial charge in [-0.3, -0.25) is 4.79 Å². The number of carbonyl (C=O) groups is 1. The quantitative estimate of drug-likeness (QED) is 0.718. The van der Waals surface area contributed by atoms with Crippen LogP contribution in [0.1, 0.15) is 19.6 Å². The van der Waals surface area contributed by atoms with Gasteiger partial charge in [0.05, 0.1) is 18.5 Å². The first-order valence-electron chi connectivity index (χ1n) is 8.77. The lowest BCUT2D eigenvalue weighted by Crippen LogP contribution is -2.57. The zero-order valence-electron chi connectivity index (χ0n) is 15.1. The van der Waals surface area contributed by atoms with Crippen LogP contribution in [0.5, 0.6) is 0 Å². The highest BCUT2D eigenvalue weighted by atomic mass is 32.2. The van der Waals surface area contributed by atoms with Gasteiger partial charge in [0.15, 0.2) is 0 Å². The van der Waals surface area contributed by atoms with E-state index >= 15 is 0 Å². The number of carbonyl (C=O) groups excluding carboxylic acids is 1. The van der Waals surface area contributed by atoms with E-state index in [0.29, 0.717) is 45.0 Å². The average Bonchev–Trinajstić information content (AvgIpc) is 3.12. The van der Waals surface area contributed by atoms with Gasteiger partial charge in [0.25, 0.3) is 10.2 Å². The van der Waals surface area contributed by atoms with Gasteiger partial charge in [0, 0.05) is 45.3 Å². The first-order chi connectivity index (χ1) is 12.4. The number of furan rings is 1. The molecule has 0 saturated carbocycles. The van der Waals surface area contributed by atoms with Crippen molar-refractivity contribution in [2.24, 2.45) is 0 Å². The molecule has 8 nitrogen and oxygen atoms in total. The van der Waals surface area contributed by atoms with Gasteiger partial charge in [-0.05, 0) is 32.1 Å². The van der Waals surface area contributed by atoms with Crippen molar-refractivity contribution in [2.75, 3.05) is 39.3 Å². The second-order valence-corrected chi connectivity index (χ2v) is 8.58. The minimum absolute atomic E-state index is 0.122. The fourth-order valence-corrected chi connectivity index (χ4v) is 5.01. The SMILES string of the molecule is CC1CN(S(=O)(=O)N2CCN(C(=O)/C=C/c3ccco3)CC2)CC(C)O1. The Morgan fingerprint density at radius 1 is 1.12 bits per heavy atom. The van der Waals surface area contributed by atoms with E-state index < -0.39 is 10.2 Å². The lowest BCUT2D eigenvalue weighted by molar-refractivity contribution is -0.127. The van der Waals surface area contributed by atoms with Gasteiger partial charge < -0.3 is 14.1 Å². The van der Waals surface area contributed by atoms with Crippen LogP contribution in [0.25, 0.3) is 6.08 Å². The number of piperazine rings is 1. The van der Waals surface area contributed by atoms with E-state index in [4.69, 9.17) is 9.15 Å². The van der Waals surface area contributed by atoms with Crippen LogP contribution >= 0.6 is 0 Å². The number of amides is 1. The molecule has 1 aromatic heterocycles. The summed E-state index contributed by atoms with van der Waals surface area (Å²) in [6.07, 6.45) is 4.36. The average molecular weight is 383 g/mol. The smallest absolute Gasteiger partial charge is 0.282 e. The molecule has 1 amide bonds. The van der Waals surface area contributed by atoms with E-state index in [1.54, 1.807) is 29.4 Å². The summed E-state index contributed by atoms with van der Waals surface area (Å²) < 4.78 is 39.4. The summed E-state index contributed by atoms with van der Waals surface area (Å²) in [6, 6.07) is 3.51. The Bertz CT molecular complexity index is 728. The molecule has 1 aromatic rings. The van der Waals surface area contributed by atoms with Crippen molar-refractivity contribution in [3.05, 3.63) is 30.2 Å². The molecule has 144 valence electrons. The van der Waals surface area contributed by atoms with E-state index in [1.165, 1.54) is 14.7 Å². The van der Waals surface area contributed by atoms with Crippen LogP contribution < -0.4 is 0 Å². The fraction of sp³-hybridized carbons (Fsp3) is 0.588. The van der Waals surface area contributed by atoms with Crippen molar-refractivity contribution in [2.45, 2.75) is 26.1 Å². The summed E-state index contributed by atoms with van der Waals surface area (Å²) in [4.78, 5) is 13.9. The number of morpholine rings is 1. The Balaban J connectivity index is 1.56. The maximum Gasteiger partial charge on any atom is 0.282 e. The Kier molecular flexibility index (Phi) is 5.81. The maximum atomic E-state index is 12.9. The van der Waals surface area contributed by atoms with Crippen LogP contribution in [-0.4, -0.2) is 79.3 Å². The molecule has 26 heavy (non-hydrogen) atoms. The van der Waals surface area contributed by atoms with Gasteiger partial charge in [-0.1, -0.05) is 0 Å². The van der Waals surface area contributed by atoms with Gasteiger partial charge in [0.1, 0.15) is 5.76 Å². The molecule has 0 aromatic carbocycles. The molecule has 2 aliphatic rings. The number of hydrogen-bond acceptors (Lipinski definition) is 5. The number of rotatable bonds is 4. The third-order valence-corrected chi connectivity index (χ3v) is 6.49. The Morgan fingerprint density at radius 3 is 2.35 bits per heavy atom. The molecule has 2 aliphatic heterocycles. The summed E-state index contributed by atoms with van der Waals surface area (Å²) in [7, 11) is -3.53. The van der Waals surface area contributed by atoms with Crippen molar-refractivity contribution in [1.82, 2.24) is 13.5 Å². The third kappa shape index (κ3) is 4.35. The molecule has 2 saturated heterocycles. The topological polar surface area (TPSA) is 83.3 Å². The second kappa shape index (κ2) is 7.91. The van der Waals surface area contributed by atoms with Crippen LogP contribution in [0, 0.1) is 0 Å². The molecular formula is C17H25N3O5S. The lowest BCUT2D eigenvalue weighted by atomic mass is 10.3. The molecule has 0 spiro atoms. The highest BCUT2D eigenvalue weighted by Crippen LogP contribution is 2.19. The number of nitrogens with zero attached hydrogens (tertiary/aromatic N) is 3. The number of ether oxygens (including phenoxy) is 1. The molecule has 0 N–H and O–H groups in total. The second-order valence-electron chi connectivity index (χ2n) is 6.66. The Morgan fingerprint density at radius 2 is 1.77 bits per heavy atom. The predicted molar refractivity (Wildman–Crippen MR) is 96.4 cm³/mol. The summed E-state index contributed by atoms with van der Waals surface area (Å²) >= 11 is 0. The molecule has 2 fully saturated rings. The van der Waals surface area contributed by atoms with Gasteiger partial charge in [0.2, 0.25) is 5.91 Å². The standard InChI is InChI=1S/C17H25N3O5S/c1-14-12-20(13-15(2)25-14)26(22,23)19-9-7-18(8-10-19)17(21)6-5-16-4-3-11-24-16/h3-6,11,14-15H,7-10,12-13H2,1-2H3/b6-5+. The highest BCUT2D eigenvalue weighted by Gasteiger charge is 2.37. The lowest BCUT2D eigenvalue weighted by Gasteiger charge is -2.40. The van der Waals surface area contributed by atoms with E-state index in [-0.39, 0.29) is 18.1 Å². The zero-order chi connectivity index (χ0) is 18.7.